The zero-order valence-electron chi connectivity index (χ0n) is 7.28. The van der Waals surface area contributed by atoms with Gasteiger partial charge in [-0.25, -0.2) is 0 Å². The van der Waals surface area contributed by atoms with Crippen molar-refractivity contribution < 1.29 is 4.79 Å². The Morgan fingerprint density at radius 1 is 1.38 bits per heavy atom. The summed E-state index contributed by atoms with van der Waals surface area (Å²) in [4.78, 5) is 3.10. The highest BCUT2D eigenvalue weighted by Crippen LogP contribution is 1.96. The molecule has 1 aromatic rings. The molecule has 64 valence electrons. The molecule has 0 heterocycles. The van der Waals surface area contributed by atoms with Crippen molar-refractivity contribution in [1.29, 1.82) is 0 Å². The van der Waals surface area contributed by atoms with Gasteiger partial charge >= 0.3 is 5.84 Å². The highest BCUT2D eigenvalue weighted by molar-refractivity contribution is 5.95. The predicted molar refractivity (Wildman–Crippen MR) is 50.8 cm³/mol. The van der Waals surface area contributed by atoms with Gasteiger partial charge in [0.1, 0.15) is 6.04 Å². The number of nitrogens with one attached hydrogen (secondary N) is 1. The van der Waals surface area contributed by atoms with Crippen LogP contribution in [0.25, 0.3) is 5.53 Å². The summed E-state index contributed by atoms with van der Waals surface area (Å²) in [6.07, 6.45) is 0. The van der Waals surface area contributed by atoms with E-state index in [1.54, 1.807) is 6.92 Å². The zero-order chi connectivity index (χ0) is 9.52. The van der Waals surface area contributed by atoms with Gasteiger partial charge in [-0.1, -0.05) is 24.1 Å². The van der Waals surface area contributed by atoms with Gasteiger partial charge in [0.2, 0.25) is 0 Å². The smallest absolute Gasteiger partial charge is 0.372 e. The van der Waals surface area contributed by atoms with Crippen LogP contribution in [-0.4, -0.2) is 10.6 Å². The average Bonchev–Trinajstić information content (AvgIpc) is 2.21. The van der Waals surface area contributed by atoms with Crippen LogP contribution in [0.3, 0.4) is 0 Å². The predicted octanol–water partition coefficient (Wildman–Crippen LogP) is 1.23. The molecule has 0 saturated heterocycles. The van der Waals surface area contributed by atoms with Crippen molar-refractivity contribution in [1.82, 2.24) is 5.32 Å². The molecule has 0 aromatic heterocycles. The van der Waals surface area contributed by atoms with Crippen LogP contribution in [0.5, 0.6) is 0 Å². The van der Waals surface area contributed by atoms with Gasteiger partial charge in [-0.2, -0.15) is 5.32 Å². The molecule has 0 aliphatic carbocycles. The number of amidine groups is 1. The van der Waals surface area contributed by atoms with Crippen LogP contribution >= 0.6 is 0 Å². The van der Waals surface area contributed by atoms with Crippen molar-refractivity contribution in [2.75, 3.05) is 0 Å². The molecule has 3 heteroatoms. The zero-order valence-corrected chi connectivity index (χ0v) is 7.28. The van der Waals surface area contributed by atoms with E-state index in [-0.39, 0.29) is 0 Å². The monoisotopic (exact) mass is 171 g/mol. The van der Waals surface area contributed by atoms with Crippen molar-refractivity contribution in [2.24, 2.45) is 0 Å². The summed E-state index contributed by atoms with van der Waals surface area (Å²) in [5.41, 5.74) is 9.46. The molecule has 0 fully saturated rings. The summed E-state index contributed by atoms with van der Waals surface area (Å²) in [7, 11) is 0. The van der Waals surface area contributed by atoms with Crippen LogP contribution in [0.2, 0.25) is 0 Å². The molecule has 0 bridgehead atoms. The van der Waals surface area contributed by atoms with Gasteiger partial charge in [0.15, 0.2) is 0 Å². The molecule has 1 rings (SSSR count). The topological polar surface area (TPSA) is 48.4 Å². The lowest BCUT2D eigenvalue weighted by Gasteiger charge is -1.92. The Hall–Kier alpha value is -2.04. The summed E-state index contributed by atoms with van der Waals surface area (Å²) in [5.74, 6) is 3.01. The van der Waals surface area contributed by atoms with E-state index in [1.165, 1.54) is 0 Å². The minimum atomic E-state index is 0.356. The van der Waals surface area contributed by atoms with E-state index >= 15 is 0 Å². The molecule has 1 aromatic carbocycles. The summed E-state index contributed by atoms with van der Waals surface area (Å²) in [6, 6.07) is 11.9. The minimum absolute atomic E-state index is 0.356. The molecular weight excluding hydrogens is 162 g/mol. The first-order valence-corrected chi connectivity index (χ1v) is 3.83. The third-order valence-electron chi connectivity index (χ3n) is 1.45. The van der Waals surface area contributed by atoms with Crippen LogP contribution in [0.15, 0.2) is 30.3 Å². The molecular formula is C10H9N3. The number of benzene rings is 1. The Morgan fingerprint density at radius 2 is 2.08 bits per heavy atom. The molecule has 0 aliphatic heterocycles. The second kappa shape index (κ2) is 4.76. The number of hydrogen-bond donors (Lipinski definition) is 1. The van der Waals surface area contributed by atoms with E-state index in [0.717, 1.165) is 5.56 Å². The first kappa shape index (κ1) is 9.05. The van der Waals surface area contributed by atoms with Crippen LogP contribution in [0.4, 0.5) is 0 Å². The molecule has 0 unspecified atom stereocenters. The molecule has 13 heavy (non-hydrogen) atoms. The molecule has 0 amide bonds. The third-order valence-corrected chi connectivity index (χ3v) is 1.45. The van der Waals surface area contributed by atoms with Crippen molar-refractivity contribution in [3.05, 3.63) is 41.4 Å². The van der Waals surface area contributed by atoms with Gasteiger partial charge in [-0.15, -0.1) is 0 Å². The second-order valence-electron chi connectivity index (χ2n) is 2.31. The third kappa shape index (κ3) is 2.48. The van der Waals surface area contributed by atoms with E-state index in [9.17, 15) is 0 Å². The van der Waals surface area contributed by atoms with E-state index < -0.39 is 0 Å². The fourth-order valence-electron chi connectivity index (χ4n) is 0.873. The molecule has 3 nitrogen and oxygen atoms in total. The van der Waals surface area contributed by atoms with Gasteiger partial charge in [0.05, 0.1) is 5.56 Å². The molecule has 1 N–H and O–H groups in total. The normalized spacial score (nSPS) is 7.77. The minimum Gasteiger partial charge on any atom is -0.497 e. The Morgan fingerprint density at radius 3 is 2.62 bits per heavy atom. The van der Waals surface area contributed by atoms with Crippen LogP contribution in [-0.2, 0) is 0 Å². The summed E-state index contributed by atoms with van der Waals surface area (Å²) >= 11 is 0. The van der Waals surface area contributed by atoms with Gasteiger partial charge in [0, 0.05) is 6.92 Å². The highest BCUT2D eigenvalue weighted by Gasteiger charge is 2.06. The standard InChI is InChI=1S/C10H9N3/c1-2-8-12-10(13-11)9-6-4-3-5-7-9/h3-7,12H,1H3. The van der Waals surface area contributed by atoms with E-state index in [4.69, 9.17) is 5.53 Å². The molecule has 0 saturated carbocycles. The van der Waals surface area contributed by atoms with Gasteiger partial charge in [-0.3, -0.25) is 0 Å². The second-order valence-corrected chi connectivity index (χ2v) is 2.31. The summed E-state index contributed by atoms with van der Waals surface area (Å²) < 4.78 is 0. The maximum Gasteiger partial charge on any atom is 0.372 e. The van der Waals surface area contributed by atoms with Crippen molar-refractivity contribution in [3.8, 4) is 12.0 Å². The number of nitrogens with zero attached hydrogens (tertiary/aromatic N) is 2. The first-order chi connectivity index (χ1) is 6.38. The lowest BCUT2D eigenvalue weighted by atomic mass is 10.2. The fourth-order valence-corrected chi connectivity index (χ4v) is 0.873. The lowest BCUT2D eigenvalue weighted by molar-refractivity contribution is -0.00777. The van der Waals surface area contributed by atoms with Crippen LogP contribution < -0.4 is 5.32 Å². The van der Waals surface area contributed by atoms with Gasteiger partial charge in [0.25, 0.3) is 0 Å². The summed E-state index contributed by atoms with van der Waals surface area (Å²) in [6.45, 7) is 1.70. The highest BCUT2D eigenvalue weighted by atomic mass is 15.0. The lowest BCUT2D eigenvalue weighted by Crippen LogP contribution is -2.19. The summed E-state index contributed by atoms with van der Waals surface area (Å²) in [5, 5.41) is 2.67. The van der Waals surface area contributed by atoms with E-state index in [1.807, 2.05) is 30.3 Å². The Kier molecular flexibility index (Phi) is 3.31. The maximum absolute atomic E-state index is 8.66. The maximum atomic E-state index is 8.66. The van der Waals surface area contributed by atoms with Crippen molar-refractivity contribution in [2.45, 2.75) is 6.92 Å². The van der Waals surface area contributed by atoms with E-state index in [2.05, 4.69) is 22.1 Å². The Bertz CT molecular complexity index is 378. The van der Waals surface area contributed by atoms with Crippen molar-refractivity contribution in [3.63, 3.8) is 0 Å². The van der Waals surface area contributed by atoms with Crippen LogP contribution in [0, 0.1) is 12.0 Å². The van der Waals surface area contributed by atoms with Gasteiger partial charge in [-0.05, 0) is 12.1 Å². The quantitative estimate of drug-likeness (QED) is 0.169. The average molecular weight is 171 g/mol. The molecule has 0 spiro atoms. The molecule has 0 radical (unpaired) electrons. The Labute approximate surface area is 77.0 Å². The van der Waals surface area contributed by atoms with Crippen molar-refractivity contribution >= 4 is 5.84 Å². The van der Waals surface area contributed by atoms with E-state index in [0.29, 0.717) is 5.84 Å². The van der Waals surface area contributed by atoms with Gasteiger partial charge < -0.3 is 10.3 Å². The first-order valence-electron chi connectivity index (χ1n) is 3.83. The number of hydrogen-bond acceptors (Lipinski definition) is 0. The number of rotatable bonds is 1. The van der Waals surface area contributed by atoms with Crippen LogP contribution in [0.1, 0.15) is 12.5 Å². The largest absolute Gasteiger partial charge is 0.497 e. The molecule has 0 atom stereocenters. The SMILES string of the molecule is CC#CNC(=[N+]=[N-])c1ccccc1. The molecule has 0 aliphatic rings. The Balaban J connectivity index is 2.91. The fraction of sp³-hybridized carbons (Fsp3) is 0.100.